The SMILES string of the molecule is CC(C)CC(Br)CNS(=O)(=O)c1ccnn1C. The lowest BCUT2D eigenvalue weighted by molar-refractivity contribution is 0.543. The normalized spacial score (nSPS) is 14.2. The highest BCUT2D eigenvalue weighted by Crippen LogP contribution is 2.13. The van der Waals surface area contributed by atoms with Crippen LogP contribution in [-0.2, 0) is 17.1 Å². The first-order chi connectivity index (χ1) is 7.83. The van der Waals surface area contributed by atoms with E-state index in [0.29, 0.717) is 12.5 Å². The molecule has 0 amide bonds. The van der Waals surface area contributed by atoms with E-state index in [1.165, 1.54) is 16.9 Å². The summed E-state index contributed by atoms with van der Waals surface area (Å²) in [7, 11) is -1.85. The van der Waals surface area contributed by atoms with Crippen molar-refractivity contribution in [3.63, 3.8) is 0 Å². The Morgan fingerprint density at radius 1 is 1.53 bits per heavy atom. The summed E-state index contributed by atoms with van der Waals surface area (Å²) in [5.74, 6) is 0.528. The van der Waals surface area contributed by atoms with E-state index in [-0.39, 0.29) is 9.85 Å². The number of halogens is 1. The lowest BCUT2D eigenvalue weighted by Crippen LogP contribution is -2.31. The molecule has 0 bridgehead atoms. The van der Waals surface area contributed by atoms with Crippen LogP contribution in [0.25, 0.3) is 0 Å². The molecule has 0 aliphatic heterocycles. The second kappa shape index (κ2) is 5.97. The minimum absolute atomic E-state index is 0.144. The summed E-state index contributed by atoms with van der Waals surface area (Å²) < 4.78 is 27.7. The van der Waals surface area contributed by atoms with Crippen LogP contribution in [0, 0.1) is 5.92 Å². The van der Waals surface area contributed by atoms with Crippen LogP contribution in [-0.4, -0.2) is 29.6 Å². The van der Waals surface area contributed by atoms with Gasteiger partial charge < -0.3 is 0 Å². The molecule has 1 aromatic rings. The average Bonchev–Trinajstić information content (AvgIpc) is 2.61. The molecule has 1 rings (SSSR count). The molecule has 0 aliphatic rings. The van der Waals surface area contributed by atoms with Gasteiger partial charge in [0, 0.05) is 18.4 Å². The maximum absolute atomic E-state index is 11.9. The first-order valence-corrected chi connectivity index (χ1v) is 7.84. The fourth-order valence-electron chi connectivity index (χ4n) is 1.49. The number of hydrogen-bond donors (Lipinski definition) is 1. The third-order valence-electron chi connectivity index (χ3n) is 2.27. The molecule has 0 saturated heterocycles. The summed E-state index contributed by atoms with van der Waals surface area (Å²) in [5, 5.41) is 4.03. The molecule has 5 nitrogen and oxygen atoms in total. The number of aromatic nitrogens is 2. The number of rotatable bonds is 6. The third-order valence-corrected chi connectivity index (χ3v) is 4.47. The Hall–Kier alpha value is -0.400. The summed E-state index contributed by atoms with van der Waals surface area (Å²) in [5.41, 5.74) is 0. The van der Waals surface area contributed by atoms with Gasteiger partial charge >= 0.3 is 0 Å². The van der Waals surface area contributed by atoms with Gasteiger partial charge in [-0.1, -0.05) is 29.8 Å². The van der Waals surface area contributed by atoms with Crippen molar-refractivity contribution < 1.29 is 8.42 Å². The van der Waals surface area contributed by atoms with E-state index < -0.39 is 10.0 Å². The van der Waals surface area contributed by atoms with Gasteiger partial charge in [-0.3, -0.25) is 4.68 Å². The Morgan fingerprint density at radius 2 is 2.18 bits per heavy atom. The van der Waals surface area contributed by atoms with E-state index in [1.807, 2.05) is 0 Å². The van der Waals surface area contributed by atoms with Gasteiger partial charge in [0.05, 0.1) is 6.20 Å². The average molecular weight is 324 g/mol. The summed E-state index contributed by atoms with van der Waals surface area (Å²) in [6.07, 6.45) is 2.39. The first kappa shape index (κ1) is 14.7. The monoisotopic (exact) mass is 323 g/mol. The van der Waals surface area contributed by atoms with Crippen molar-refractivity contribution >= 4 is 26.0 Å². The number of aryl methyl sites for hydroxylation is 1. The molecule has 1 atom stereocenters. The van der Waals surface area contributed by atoms with Gasteiger partial charge in [-0.25, -0.2) is 13.1 Å². The largest absolute Gasteiger partial charge is 0.257 e. The number of hydrogen-bond acceptors (Lipinski definition) is 3. The van der Waals surface area contributed by atoms with Gasteiger partial charge in [-0.15, -0.1) is 0 Å². The van der Waals surface area contributed by atoms with Crippen molar-refractivity contribution in [2.45, 2.75) is 30.1 Å². The molecule has 0 fully saturated rings. The zero-order valence-corrected chi connectivity index (χ0v) is 12.6. The molecule has 0 saturated carbocycles. The van der Waals surface area contributed by atoms with Gasteiger partial charge in [0.25, 0.3) is 10.0 Å². The maximum Gasteiger partial charge on any atom is 0.257 e. The standard InChI is InChI=1S/C10H18BrN3O2S/c1-8(2)6-9(11)7-13-17(15,16)10-4-5-12-14(10)3/h4-5,8-9,13H,6-7H2,1-3H3. The zero-order valence-electron chi connectivity index (χ0n) is 10.2. The van der Waals surface area contributed by atoms with Gasteiger partial charge in [0.1, 0.15) is 0 Å². The summed E-state index contributed by atoms with van der Waals surface area (Å²) in [6.45, 7) is 4.58. The molecule has 0 aliphatic carbocycles. The van der Waals surface area contributed by atoms with E-state index in [9.17, 15) is 8.42 Å². The van der Waals surface area contributed by atoms with E-state index >= 15 is 0 Å². The van der Waals surface area contributed by atoms with E-state index in [0.717, 1.165) is 6.42 Å². The van der Waals surface area contributed by atoms with Crippen LogP contribution < -0.4 is 4.72 Å². The highest BCUT2D eigenvalue weighted by atomic mass is 79.9. The van der Waals surface area contributed by atoms with Crippen molar-refractivity contribution in [2.24, 2.45) is 13.0 Å². The molecule has 0 radical (unpaired) electrons. The minimum Gasteiger partial charge on any atom is -0.256 e. The Labute approximate surface area is 111 Å². The van der Waals surface area contributed by atoms with E-state index in [4.69, 9.17) is 0 Å². The minimum atomic E-state index is -3.46. The lowest BCUT2D eigenvalue weighted by Gasteiger charge is -2.13. The van der Waals surface area contributed by atoms with Crippen molar-refractivity contribution in [1.82, 2.24) is 14.5 Å². The van der Waals surface area contributed by atoms with Crippen molar-refractivity contribution in [2.75, 3.05) is 6.54 Å². The molecule has 17 heavy (non-hydrogen) atoms. The Bertz CT molecular complexity index is 456. The third kappa shape index (κ3) is 4.40. The Morgan fingerprint density at radius 3 is 2.65 bits per heavy atom. The molecule has 7 heteroatoms. The van der Waals surface area contributed by atoms with Crippen LogP contribution in [0.2, 0.25) is 0 Å². The van der Waals surface area contributed by atoms with Crippen molar-refractivity contribution in [3.8, 4) is 0 Å². The van der Waals surface area contributed by atoms with Gasteiger partial charge in [-0.2, -0.15) is 5.10 Å². The molecular weight excluding hydrogens is 306 g/mol. The van der Waals surface area contributed by atoms with Crippen LogP contribution in [0.15, 0.2) is 17.3 Å². The fourth-order valence-corrected chi connectivity index (χ4v) is 3.82. The zero-order chi connectivity index (χ0) is 13.1. The van der Waals surface area contributed by atoms with E-state index in [1.54, 1.807) is 7.05 Å². The van der Waals surface area contributed by atoms with Crippen LogP contribution in [0.3, 0.4) is 0 Å². The highest BCUT2D eigenvalue weighted by molar-refractivity contribution is 9.09. The lowest BCUT2D eigenvalue weighted by atomic mass is 10.1. The van der Waals surface area contributed by atoms with Crippen LogP contribution >= 0.6 is 15.9 Å². The molecule has 1 N–H and O–H groups in total. The maximum atomic E-state index is 11.9. The first-order valence-electron chi connectivity index (χ1n) is 5.44. The molecule has 0 spiro atoms. The van der Waals surface area contributed by atoms with Crippen molar-refractivity contribution in [3.05, 3.63) is 12.3 Å². The summed E-state index contributed by atoms with van der Waals surface area (Å²) >= 11 is 3.46. The van der Waals surface area contributed by atoms with E-state index in [2.05, 4.69) is 39.6 Å². The molecule has 1 unspecified atom stereocenters. The molecule has 1 aromatic heterocycles. The highest BCUT2D eigenvalue weighted by Gasteiger charge is 2.19. The number of alkyl halides is 1. The van der Waals surface area contributed by atoms with Crippen molar-refractivity contribution in [1.29, 1.82) is 0 Å². The second-order valence-electron chi connectivity index (χ2n) is 4.37. The predicted octanol–water partition coefficient (Wildman–Crippen LogP) is 1.51. The van der Waals surface area contributed by atoms with Gasteiger partial charge in [0.15, 0.2) is 5.03 Å². The van der Waals surface area contributed by atoms with Gasteiger partial charge in [0.2, 0.25) is 0 Å². The fraction of sp³-hybridized carbons (Fsp3) is 0.700. The summed E-state index contributed by atoms with van der Waals surface area (Å²) in [4.78, 5) is 0.144. The second-order valence-corrected chi connectivity index (χ2v) is 7.38. The Balaban J connectivity index is 2.60. The summed E-state index contributed by atoms with van der Waals surface area (Å²) in [6, 6.07) is 1.48. The molecule has 98 valence electrons. The van der Waals surface area contributed by atoms with Crippen LogP contribution in [0.1, 0.15) is 20.3 Å². The smallest absolute Gasteiger partial charge is 0.256 e. The Kier molecular flexibility index (Phi) is 5.15. The predicted molar refractivity (Wildman–Crippen MR) is 70.6 cm³/mol. The number of nitrogens with zero attached hydrogens (tertiary/aromatic N) is 2. The number of nitrogens with one attached hydrogen (secondary N) is 1. The molecule has 0 aromatic carbocycles. The molecule has 1 heterocycles. The van der Waals surface area contributed by atoms with Gasteiger partial charge in [-0.05, 0) is 18.4 Å². The van der Waals surface area contributed by atoms with Crippen LogP contribution in [0.4, 0.5) is 0 Å². The number of sulfonamides is 1. The van der Waals surface area contributed by atoms with Crippen LogP contribution in [0.5, 0.6) is 0 Å². The molecular formula is C10H18BrN3O2S. The quantitative estimate of drug-likeness (QED) is 0.807. The topological polar surface area (TPSA) is 64.0 Å².